The van der Waals surface area contributed by atoms with Crippen LogP contribution in [0.3, 0.4) is 0 Å². The van der Waals surface area contributed by atoms with E-state index in [2.05, 4.69) is 0 Å². The van der Waals surface area contributed by atoms with Gasteiger partial charge < -0.3 is 15.2 Å². The molecule has 0 bridgehead atoms. The van der Waals surface area contributed by atoms with Crippen LogP contribution in [0.4, 0.5) is 4.39 Å². The number of benzene rings is 1. The molecule has 0 spiro atoms. The highest BCUT2D eigenvalue weighted by Crippen LogP contribution is 2.26. The highest BCUT2D eigenvalue weighted by atomic mass is 19.1. The average Bonchev–Trinajstić information content (AvgIpc) is 3.09. The topological polar surface area (TPSA) is 68.3 Å². The summed E-state index contributed by atoms with van der Waals surface area (Å²) in [7, 11) is 1.73. The van der Waals surface area contributed by atoms with Gasteiger partial charge in [0.2, 0.25) is 5.91 Å². The van der Waals surface area contributed by atoms with Gasteiger partial charge >= 0.3 is 0 Å². The number of carbonyl (C=O) groups is 1. The molecule has 3 rings (SSSR count). The first-order valence-corrected chi connectivity index (χ1v) is 9.24. The van der Waals surface area contributed by atoms with Crippen molar-refractivity contribution in [3.05, 3.63) is 58.0 Å². The van der Waals surface area contributed by atoms with E-state index in [1.165, 1.54) is 4.90 Å². The van der Waals surface area contributed by atoms with Gasteiger partial charge in [-0.15, -0.1) is 0 Å². The third kappa shape index (κ3) is 3.95. The normalized spacial score (nSPS) is 19.1. The second-order valence-corrected chi connectivity index (χ2v) is 7.43. The number of alkyl halides is 1. The van der Waals surface area contributed by atoms with Gasteiger partial charge in [-0.2, -0.15) is 0 Å². The SMILES string of the molecule is Cc1cc(=O)n(C)cc1-c1ccc([C@H](C)[C@H](N)C(=O)N2CC[C@H](F)C2)cc1. The van der Waals surface area contributed by atoms with Crippen LogP contribution in [0.5, 0.6) is 0 Å². The molecule has 0 aliphatic carbocycles. The van der Waals surface area contributed by atoms with Gasteiger partial charge in [0.15, 0.2) is 0 Å². The van der Waals surface area contributed by atoms with E-state index in [0.717, 1.165) is 22.3 Å². The van der Waals surface area contributed by atoms with Crippen LogP contribution in [0, 0.1) is 6.92 Å². The van der Waals surface area contributed by atoms with E-state index in [0.29, 0.717) is 13.0 Å². The van der Waals surface area contributed by atoms with Crippen molar-refractivity contribution >= 4 is 5.91 Å². The Balaban J connectivity index is 1.77. The number of amides is 1. The van der Waals surface area contributed by atoms with Gasteiger partial charge in [-0.1, -0.05) is 31.2 Å². The lowest BCUT2D eigenvalue weighted by Crippen LogP contribution is -2.45. The molecule has 1 aliphatic rings. The predicted molar refractivity (Wildman–Crippen MR) is 104 cm³/mol. The molecule has 2 aromatic rings. The summed E-state index contributed by atoms with van der Waals surface area (Å²) in [6.07, 6.45) is 1.27. The van der Waals surface area contributed by atoms with E-state index in [-0.39, 0.29) is 23.9 Å². The summed E-state index contributed by atoms with van der Waals surface area (Å²) in [5.41, 5.74) is 10.00. The molecule has 2 N–H and O–H groups in total. The largest absolute Gasteiger partial charge is 0.338 e. The summed E-state index contributed by atoms with van der Waals surface area (Å²) in [6.45, 7) is 4.41. The number of aromatic nitrogens is 1. The fourth-order valence-electron chi connectivity index (χ4n) is 3.54. The van der Waals surface area contributed by atoms with Crippen LogP contribution in [-0.4, -0.2) is 40.7 Å². The molecule has 144 valence electrons. The molecule has 6 heteroatoms. The van der Waals surface area contributed by atoms with Crippen LogP contribution in [0.1, 0.15) is 30.4 Å². The molecule has 1 fully saturated rings. The Hall–Kier alpha value is -2.47. The first kappa shape index (κ1) is 19.3. The van der Waals surface area contributed by atoms with E-state index >= 15 is 0 Å². The maximum atomic E-state index is 13.4. The van der Waals surface area contributed by atoms with Crippen LogP contribution in [0.15, 0.2) is 41.3 Å². The minimum Gasteiger partial charge on any atom is -0.338 e. The van der Waals surface area contributed by atoms with Crippen molar-refractivity contribution in [2.24, 2.45) is 12.8 Å². The maximum absolute atomic E-state index is 13.4. The van der Waals surface area contributed by atoms with E-state index in [1.54, 1.807) is 17.7 Å². The molecule has 0 radical (unpaired) electrons. The number of pyridine rings is 1. The zero-order valence-electron chi connectivity index (χ0n) is 16.0. The molecule has 27 heavy (non-hydrogen) atoms. The van der Waals surface area contributed by atoms with Crippen molar-refractivity contribution < 1.29 is 9.18 Å². The quantitative estimate of drug-likeness (QED) is 0.897. The molecule has 1 amide bonds. The highest BCUT2D eigenvalue weighted by Gasteiger charge is 2.32. The number of aryl methyl sites for hydroxylation is 2. The lowest BCUT2D eigenvalue weighted by molar-refractivity contribution is -0.132. The third-order valence-electron chi connectivity index (χ3n) is 5.45. The Kier molecular flexibility index (Phi) is 5.46. The summed E-state index contributed by atoms with van der Waals surface area (Å²) < 4.78 is 14.9. The Morgan fingerprint density at radius 2 is 1.96 bits per heavy atom. The van der Waals surface area contributed by atoms with E-state index in [4.69, 9.17) is 5.73 Å². The lowest BCUT2D eigenvalue weighted by atomic mass is 9.91. The molecule has 1 aliphatic heterocycles. The van der Waals surface area contributed by atoms with Crippen molar-refractivity contribution in [1.29, 1.82) is 0 Å². The number of nitrogens with two attached hydrogens (primary N) is 1. The van der Waals surface area contributed by atoms with E-state index in [9.17, 15) is 14.0 Å². The van der Waals surface area contributed by atoms with Gasteiger partial charge in [0, 0.05) is 37.3 Å². The molecule has 0 saturated carbocycles. The number of rotatable bonds is 4. The Labute approximate surface area is 158 Å². The molecule has 2 heterocycles. The van der Waals surface area contributed by atoms with Crippen LogP contribution in [-0.2, 0) is 11.8 Å². The van der Waals surface area contributed by atoms with Gasteiger partial charge in [-0.3, -0.25) is 9.59 Å². The van der Waals surface area contributed by atoms with Gasteiger partial charge in [0.25, 0.3) is 5.56 Å². The smallest absolute Gasteiger partial charge is 0.250 e. The molecular weight excluding hydrogens is 345 g/mol. The second-order valence-electron chi connectivity index (χ2n) is 7.43. The molecule has 5 nitrogen and oxygen atoms in total. The highest BCUT2D eigenvalue weighted by molar-refractivity contribution is 5.83. The Morgan fingerprint density at radius 1 is 1.30 bits per heavy atom. The first-order valence-electron chi connectivity index (χ1n) is 9.24. The van der Waals surface area contributed by atoms with Gasteiger partial charge in [-0.25, -0.2) is 4.39 Å². The third-order valence-corrected chi connectivity index (χ3v) is 5.45. The summed E-state index contributed by atoms with van der Waals surface area (Å²) in [5.74, 6) is -0.368. The number of halogens is 1. The lowest BCUT2D eigenvalue weighted by Gasteiger charge is -2.25. The fourth-order valence-corrected chi connectivity index (χ4v) is 3.54. The minimum atomic E-state index is -0.944. The summed E-state index contributed by atoms with van der Waals surface area (Å²) in [5, 5.41) is 0. The predicted octanol–water partition coefficient (Wildman–Crippen LogP) is 2.36. The molecule has 0 unspecified atom stereocenters. The van der Waals surface area contributed by atoms with Gasteiger partial charge in [0.05, 0.1) is 12.6 Å². The second kappa shape index (κ2) is 7.64. The number of hydrogen-bond donors (Lipinski definition) is 1. The monoisotopic (exact) mass is 371 g/mol. The summed E-state index contributed by atoms with van der Waals surface area (Å²) in [6, 6.07) is 8.79. The number of hydrogen-bond acceptors (Lipinski definition) is 3. The minimum absolute atomic E-state index is 0.0385. The Bertz CT molecular complexity index is 891. The molecule has 1 aromatic heterocycles. The van der Waals surface area contributed by atoms with Crippen molar-refractivity contribution in [1.82, 2.24) is 9.47 Å². The Morgan fingerprint density at radius 3 is 2.56 bits per heavy atom. The van der Waals surface area contributed by atoms with Crippen molar-refractivity contribution in [3.8, 4) is 11.1 Å². The zero-order chi connectivity index (χ0) is 19.7. The molecule has 3 atom stereocenters. The van der Waals surface area contributed by atoms with E-state index < -0.39 is 12.2 Å². The van der Waals surface area contributed by atoms with Crippen molar-refractivity contribution in [2.45, 2.75) is 38.4 Å². The standard InChI is InChI=1S/C21H26FN3O2/c1-13-10-19(26)24(3)12-18(13)16-6-4-15(5-7-16)14(2)20(23)21(27)25-9-8-17(22)11-25/h4-7,10,12,14,17,20H,8-9,11,23H2,1-3H3/t14-,17-,20-/m0/s1. The van der Waals surface area contributed by atoms with Crippen molar-refractivity contribution in [2.75, 3.05) is 13.1 Å². The van der Waals surface area contributed by atoms with Crippen LogP contribution < -0.4 is 11.3 Å². The van der Waals surface area contributed by atoms with Gasteiger partial charge in [0.1, 0.15) is 6.17 Å². The number of carbonyl (C=O) groups excluding carboxylic acids is 1. The van der Waals surface area contributed by atoms with Crippen LogP contribution in [0.2, 0.25) is 0 Å². The molecule has 1 aromatic carbocycles. The van der Waals surface area contributed by atoms with Crippen LogP contribution in [0.25, 0.3) is 11.1 Å². The maximum Gasteiger partial charge on any atom is 0.250 e. The van der Waals surface area contributed by atoms with E-state index in [1.807, 2.05) is 44.3 Å². The molecular formula is C21H26FN3O2. The summed E-state index contributed by atoms with van der Waals surface area (Å²) >= 11 is 0. The molecule has 1 saturated heterocycles. The number of likely N-dealkylation sites (tertiary alicyclic amines) is 1. The van der Waals surface area contributed by atoms with Gasteiger partial charge in [-0.05, 0) is 30.0 Å². The zero-order valence-corrected chi connectivity index (χ0v) is 16.0. The first-order chi connectivity index (χ1) is 12.8. The average molecular weight is 371 g/mol. The summed E-state index contributed by atoms with van der Waals surface area (Å²) in [4.78, 5) is 25.8. The van der Waals surface area contributed by atoms with Crippen LogP contribution >= 0.6 is 0 Å². The number of nitrogens with zero attached hydrogens (tertiary/aromatic N) is 2. The fraction of sp³-hybridized carbons (Fsp3) is 0.429. The van der Waals surface area contributed by atoms with Crippen molar-refractivity contribution in [3.63, 3.8) is 0 Å².